The van der Waals surface area contributed by atoms with Gasteiger partial charge in [-0.1, -0.05) is 15.9 Å². The van der Waals surface area contributed by atoms with Gasteiger partial charge in [0.2, 0.25) is 0 Å². The topological polar surface area (TPSA) is 87.7 Å². The molecule has 6 nitrogen and oxygen atoms in total. The van der Waals surface area contributed by atoms with Crippen molar-refractivity contribution in [3.63, 3.8) is 0 Å². The van der Waals surface area contributed by atoms with Crippen LogP contribution in [0.25, 0.3) is 0 Å². The van der Waals surface area contributed by atoms with Crippen LogP contribution in [0.15, 0.2) is 28.7 Å². The molecule has 7 heteroatoms. The average Bonchev–Trinajstić information content (AvgIpc) is 2.34. The van der Waals surface area contributed by atoms with Gasteiger partial charge in [-0.15, -0.1) is 0 Å². The van der Waals surface area contributed by atoms with E-state index in [1.807, 2.05) is 0 Å². The van der Waals surface area contributed by atoms with E-state index in [-0.39, 0.29) is 6.54 Å². The van der Waals surface area contributed by atoms with E-state index in [2.05, 4.69) is 26.6 Å². The van der Waals surface area contributed by atoms with E-state index in [0.717, 1.165) is 4.47 Å². The molecule has 1 amide bonds. The zero-order valence-corrected chi connectivity index (χ0v) is 13.7. The third kappa shape index (κ3) is 6.99. The summed E-state index contributed by atoms with van der Waals surface area (Å²) in [6.45, 7) is 5.13. The third-order valence-corrected chi connectivity index (χ3v) is 2.86. The van der Waals surface area contributed by atoms with Crippen molar-refractivity contribution in [2.24, 2.45) is 0 Å². The number of ether oxygens (including phenoxy) is 1. The van der Waals surface area contributed by atoms with Crippen molar-refractivity contribution in [3.8, 4) is 0 Å². The molecular formula is C14H19BrN2O4. The Labute approximate surface area is 132 Å². The van der Waals surface area contributed by atoms with E-state index >= 15 is 0 Å². The lowest BCUT2D eigenvalue weighted by molar-refractivity contribution is -0.137. The van der Waals surface area contributed by atoms with E-state index in [0.29, 0.717) is 5.69 Å². The molecule has 3 N–H and O–H groups in total. The molecule has 0 aliphatic heterocycles. The maximum Gasteiger partial charge on any atom is 0.407 e. The summed E-state index contributed by atoms with van der Waals surface area (Å²) >= 11 is 3.30. The van der Waals surface area contributed by atoms with Crippen molar-refractivity contribution < 1.29 is 19.4 Å². The van der Waals surface area contributed by atoms with E-state index in [1.165, 1.54) is 0 Å². The maximum absolute atomic E-state index is 11.5. The average molecular weight is 359 g/mol. The Hall–Kier alpha value is -1.76. The molecule has 1 aromatic carbocycles. The lowest BCUT2D eigenvalue weighted by Gasteiger charge is -2.21. The Kier molecular flexibility index (Phi) is 6.02. The first kappa shape index (κ1) is 17.3. The van der Waals surface area contributed by atoms with Gasteiger partial charge in [0.1, 0.15) is 11.6 Å². The smallest absolute Gasteiger partial charge is 0.407 e. The number of amides is 1. The number of alkyl carbamates (subject to hydrolysis) is 1. The van der Waals surface area contributed by atoms with E-state index < -0.39 is 23.7 Å². The van der Waals surface area contributed by atoms with Crippen molar-refractivity contribution in [1.82, 2.24) is 5.32 Å². The number of aliphatic carboxylic acids is 1. The molecule has 0 aromatic heterocycles. The van der Waals surface area contributed by atoms with Crippen LogP contribution in [-0.4, -0.2) is 35.4 Å². The second-order valence-corrected chi connectivity index (χ2v) is 6.34. The second-order valence-electron chi connectivity index (χ2n) is 5.42. The van der Waals surface area contributed by atoms with Gasteiger partial charge >= 0.3 is 12.1 Å². The molecule has 0 saturated carbocycles. The molecule has 1 aromatic rings. The quantitative estimate of drug-likeness (QED) is 0.753. The van der Waals surface area contributed by atoms with Crippen LogP contribution < -0.4 is 10.6 Å². The number of anilines is 1. The fourth-order valence-corrected chi connectivity index (χ4v) is 1.71. The summed E-state index contributed by atoms with van der Waals surface area (Å²) in [5.41, 5.74) is 0.0265. The number of hydrogen-bond acceptors (Lipinski definition) is 4. The molecule has 0 radical (unpaired) electrons. The summed E-state index contributed by atoms with van der Waals surface area (Å²) in [5.74, 6) is -1.06. The van der Waals surface area contributed by atoms with Crippen molar-refractivity contribution in [2.45, 2.75) is 32.4 Å². The molecular weight excluding hydrogens is 340 g/mol. The summed E-state index contributed by atoms with van der Waals surface area (Å²) < 4.78 is 5.95. The van der Waals surface area contributed by atoms with Crippen molar-refractivity contribution in [3.05, 3.63) is 28.7 Å². The van der Waals surface area contributed by atoms with Crippen LogP contribution in [0.1, 0.15) is 20.8 Å². The molecule has 1 rings (SSSR count). The zero-order valence-electron chi connectivity index (χ0n) is 12.1. The highest BCUT2D eigenvalue weighted by Gasteiger charge is 2.21. The monoisotopic (exact) mass is 358 g/mol. The number of carboxylic acid groups (broad SMARTS) is 1. The van der Waals surface area contributed by atoms with Gasteiger partial charge in [-0.25, -0.2) is 9.59 Å². The van der Waals surface area contributed by atoms with Gasteiger partial charge in [0.05, 0.1) is 6.54 Å². The van der Waals surface area contributed by atoms with Gasteiger partial charge in [-0.3, -0.25) is 0 Å². The van der Waals surface area contributed by atoms with Gasteiger partial charge < -0.3 is 20.5 Å². The molecule has 0 unspecified atom stereocenters. The van der Waals surface area contributed by atoms with Gasteiger partial charge in [0.25, 0.3) is 0 Å². The molecule has 0 spiro atoms. The number of benzene rings is 1. The van der Waals surface area contributed by atoms with E-state index in [1.54, 1.807) is 45.0 Å². The first-order valence-corrected chi connectivity index (χ1v) is 7.18. The first-order valence-electron chi connectivity index (χ1n) is 6.39. The molecule has 116 valence electrons. The first-order chi connectivity index (χ1) is 9.67. The van der Waals surface area contributed by atoms with Crippen LogP contribution in [0.5, 0.6) is 0 Å². The predicted octanol–water partition coefficient (Wildman–Crippen LogP) is 2.84. The van der Waals surface area contributed by atoms with Crippen LogP contribution in [0.3, 0.4) is 0 Å². The highest BCUT2D eigenvalue weighted by molar-refractivity contribution is 9.10. The number of rotatable bonds is 5. The Bertz CT molecular complexity index is 497. The number of nitrogens with one attached hydrogen (secondary N) is 2. The Morgan fingerprint density at radius 1 is 1.29 bits per heavy atom. The lowest BCUT2D eigenvalue weighted by Crippen LogP contribution is -2.43. The van der Waals surface area contributed by atoms with E-state index in [9.17, 15) is 14.7 Å². The molecule has 0 bridgehead atoms. The normalized spacial score (nSPS) is 12.4. The number of carbonyl (C=O) groups is 2. The van der Waals surface area contributed by atoms with Crippen LogP contribution >= 0.6 is 15.9 Å². The maximum atomic E-state index is 11.5. The Morgan fingerprint density at radius 2 is 1.86 bits per heavy atom. The second kappa shape index (κ2) is 7.31. The molecule has 21 heavy (non-hydrogen) atoms. The van der Waals surface area contributed by atoms with Crippen molar-refractivity contribution in [1.29, 1.82) is 0 Å². The summed E-state index contributed by atoms with van der Waals surface area (Å²) in [6, 6.07) is 6.13. The predicted molar refractivity (Wildman–Crippen MR) is 83.4 cm³/mol. The minimum atomic E-state index is -1.06. The summed E-state index contributed by atoms with van der Waals surface area (Å²) in [6.07, 6.45) is -0.647. The number of hydrogen-bond donors (Lipinski definition) is 3. The fourth-order valence-electron chi connectivity index (χ4n) is 1.45. The fraction of sp³-hybridized carbons (Fsp3) is 0.429. The highest BCUT2D eigenvalue weighted by atomic mass is 79.9. The number of halogens is 1. The SMILES string of the molecule is CC(C)(C)OC(=O)NC[C@@H](Nc1ccc(Br)cc1)C(=O)O. The van der Waals surface area contributed by atoms with Gasteiger partial charge in [0, 0.05) is 10.2 Å². The van der Waals surface area contributed by atoms with Crippen LogP contribution in [0.4, 0.5) is 10.5 Å². The minimum Gasteiger partial charge on any atom is -0.480 e. The summed E-state index contributed by atoms with van der Waals surface area (Å²) in [5, 5.41) is 14.4. The largest absolute Gasteiger partial charge is 0.480 e. The molecule has 0 saturated heterocycles. The lowest BCUT2D eigenvalue weighted by atomic mass is 10.2. The number of carbonyl (C=O) groups excluding carboxylic acids is 1. The van der Waals surface area contributed by atoms with Crippen molar-refractivity contribution >= 4 is 33.7 Å². The van der Waals surface area contributed by atoms with Crippen LogP contribution in [0, 0.1) is 0 Å². The van der Waals surface area contributed by atoms with E-state index in [4.69, 9.17) is 4.74 Å². The van der Waals surface area contributed by atoms with Crippen LogP contribution in [0.2, 0.25) is 0 Å². The van der Waals surface area contributed by atoms with Gasteiger partial charge in [-0.05, 0) is 45.0 Å². The van der Waals surface area contributed by atoms with Gasteiger partial charge in [0.15, 0.2) is 0 Å². The molecule has 0 aliphatic rings. The van der Waals surface area contributed by atoms with Crippen molar-refractivity contribution in [2.75, 3.05) is 11.9 Å². The molecule has 0 fully saturated rings. The summed E-state index contributed by atoms with van der Waals surface area (Å²) in [7, 11) is 0. The molecule has 1 atom stereocenters. The summed E-state index contributed by atoms with van der Waals surface area (Å²) in [4.78, 5) is 22.7. The third-order valence-electron chi connectivity index (χ3n) is 2.33. The zero-order chi connectivity index (χ0) is 16.0. The van der Waals surface area contributed by atoms with Crippen LogP contribution in [-0.2, 0) is 9.53 Å². The Balaban J connectivity index is 2.56. The minimum absolute atomic E-state index is 0.0830. The molecule has 0 aliphatic carbocycles. The molecule has 0 heterocycles. The van der Waals surface area contributed by atoms with Gasteiger partial charge in [-0.2, -0.15) is 0 Å². The Morgan fingerprint density at radius 3 is 2.33 bits per heavy atom. The standard InChI is InChI=1S/C14H19BrN2O4/c1-14(2,3)21-13(20)16-8-11(12(18)19)17-10-6-4-9(15)5-7-10/h4-7,11,17H,8H2,1-3H3,(H,16,20)(H,18,19)/t11-/m1/s1. The highest BCUT2D eigenvalue weighted by Crippen LogP contribution is 2.15. The number of carboxylic acids is 1.